The van der Waals surface area contributed by atoms with Crippen molar-refractivity contribution < 1.29 is 4.74 Å². The number of aryl methyl sites for hydroxylation is 1. The van der Waals surface area contributed by atoms with Gasteiger partial charge in [-0.25, -0.2) is 0 Å². The van der Waals surface area contributed by atoms with Crippen molar-refractivity contribution in [2.75, 3.05) is 0 Å². The minimum atomic E-state index is 0.551. The Hall–Kier alpha value is -1.80. The van der Waals surface area contributed by atoms with Gasteiger partial charge in [-0.05, 0) is 41.7 Å². The van der Waals surface area contributed by atoms with Gasteiger partial charge in [0, 0.05) is 6.54 Å². The summed E-state index contributed by atoms with van der Waals surface area (Å²) in [7, 11) is 0. The SMILES string of the molecule is CCCCc1ccc(OCc2ccccc2CN)cc1. The molecule has 0 amide bonds. The van der Waals surface area contributed by atoms with Gasteiger partial charge in [0.2, 0.25) is 0 Å². The topological polar surface area (TPSA) is 35.2 Å². The first kappa shape index (κ1) is 14.6. The van der Waals surface area contributed by atoms with Crippen LogP contribution < -0.4 is 10.5 Å². The molecule has 0 bridgehead atoms. The summed E-state index contributed by atoms with van der Waals surface area (Å²) >= 11 is 0. The molecule has 0 saturated heterocycles. The van der Waals surface area contributed by atoms with Crippen molar-refractivity contribution in [2.45, 2.75) is 39.3 Å². The van der Waals surface area contributed by atoms with Crippen LogP contribution in [-0.2, 0) is 19.6 Å². The van der Waals surface area contributed by atoms with E-state index < -0.39 is 0 Å². The first-order valence-corrected chi connectivity index (χ1v) is 7.32. The van der Waals surface area contributed by atoms with Crippen molar-refractivity contribution in [2.24, 2.45) is 5.73 Å². The minimum absolute atomic E-state index is 0.551. The largest absolute Gasteiger partial charge is 0.489 e. The lowest BCUT2D eigenvalue weighted by molar-refractivity contribution is 0.305. The highest BCUT2D eigenvalue weighted by molar-refractivity contribution is 5.29. The standard InChI is InChI=1S/C18H23NO/c1-2-3-6-15-9-11-18(12-10-15)20-14-17-8-5-4-7-16(17)13-19/h4-5,7-12H,2-3,6,13-14,19H2,1H3. The summed E-state index contributed by atoms with van der Waals surface area (Å²) in [5.41, 5.74) is 9.41. The first-order valence-electron chi connectivity index (χ1n) is 7.32. The third-order valence-corrected chi connectivity index (χ3v) is 3.47. The van der Waals surface area contributed by atoms with Crippen LogP contribution >= 0.6 is 0 Å². The van der Waals surface area contributed by atoms with E-state index in [1.54, 1.807) is 0 Å². The molecule has 0 fully saturated rings. The highest BCUT2D eigenvalue weighted by Gasteiger charge is 2.01. The molecule has 106 valence electrons. The Morgan fingerprint density at radius 3 is 2.30 bits per heavy atom. The zero-order chi connectivity index (χ0) is 14.2. The summed E-state index contributed by atoms with van der Waals surface area (Å²) in [5, 5.41) is 0. The van der Waals surface area contributed by atoms with E-state index in [0.717, 1.165) is 23.3 Å². The zero-order valence-corrected chi connectivity index (χ0v) is 12.1. The molecule has 0 spiro atoms. The van der Waals surface area contributed by atoms with Crippen LogP contribution in [0.1, 0.15) is 36.5 Å². The summed E-state index contributed by atoms with van der Waals surface area (Å²) in [6.45, 7) is 3.34. The second-order valence-corrected chi connectivity index (χ2v) is 5.01. The maximum atomic E-state index is 5.84. The average molecular weight is 269 g/mol. The Labute approximate surface area is 121 Å². The molecule has 2 rings (SSSR count). The summed E-state index contributed by atoms with van der Waals surface area (Å²) in [4.78, 5) is 0. The number of unbranched alkanes of at least 4 members (excludes halogenated alkanes) is 1. The minimum Gasteiger partial charge on any atom is -0.489 e. The molecule has 0 aliphatic heterocycles. The Bertz CT molecular complexity index is 519. The van der Waals surface area contributed by atoms with Crippen LogP contribution in [0.15, 0.2) is 48.5 Å². The van der Waals surface area contributed by atoms with Crippen LogP contribution in [0.3, 0.4) is 0 Å². The van der Waals surface area contributed by atoms with E-state index >= 15 is 0 Å². The van der Waals surface area contributed by atoms with Crippen LogP contribution in [0, 0.1) is 0 Å². The number of rotatable bonds is 7. The van der Waals surface area contributed by atoms with Gasteiger partial charge < -0.3 is 10.5 Å². The predicted octanol–water partition coefficient (Wildman–Crippen LogP) is 4.07. The van der Waals surface area contributed by atoms with Crippen molar-refractivity contribution in [3.8, 4) is 5.75 Å². The molecule has 20 heavy (non-hydrogen) atoms. The van der Waals surface area contributed by atoms with Crippen molar-refractivity contribution in [3.05, 3.63) is 65.2 Å². The highest BCUT2D eigenvalue weighted by Crippen LogP contribution is 2.17. The zero-order valence-electron chi connectivity index (χ0n) is 12.1. The third-order valence-electron chi connectivity index (χ3n) is 3.47. The summed E-state index contributed by atoms with van der Waals surface area (Å²) in [6, 6.07) is 16.6. The summed E-state index contributed by atoms with van der Waals surface area (Å²) < 4.78 is 5.84. The smallest absolute Gasteiger partial charge is 0.119 e. The van der Waals surface area contributed by atoms with E-state index in [9.17, 15) is 0 Å². The Morgan fingerprint density at radius 2 is 1.65 bits per heavy atom. The van der Waals surface area contributed by atoms with Crippen LogP contribution in [0.4, 0.5) is 0 Å². The maximum Gasteiger partial charge on any atom is 0.119 e. The lowest BCUT2D eigenvalue weighted by Crippen LogP contribution is -2.04. The lowest BCUT2D eigenvalue weighted by atomic mass is 10.1. The fourth-order valence-electron chi connectivity index (χ4n) is 2.19. The number of ether oxygens (including phenoxy) is 1. The van der Waals surface area contributed by atoms with Gasteiger partial charge in [-0.15, -0.1) is 0 Å². The van der Waals surface area contributed by atoms with Crippen molar-refractivity contribution in [3.63, 3.8) is 0 Å². The van der Waals surface area contributed by atoms with Crippen LogP contribution in [0.25, 0.3) is 0 Å². The second-order valence-electron chi connectivity index (χ2n) is 5.01. The van der Waals surface area contributed by atoms with E-state index in [-0.39, 0.29) is 0 Å². The first-order chi connectivity index (χ1) is 9.83. The van der Waals surface area contributed by atoms with Gasteiger partial charge in [-0.1, -0.05) is 49.7 Å². The molecular weight excluding hydrogens is 246 g/mol. The fourth-order valence-corrected chi connectivity index (χ4v) is 2.19. The molecule has 0 aliphatic rings. The Balaban J connectivity index is 1.93. The number of nitrogens with two attached hydrogens (primary N) is 1. The molecule has 0 aromatic heterocycles. The quantitative estimate of drug-likeness (QED) is 0.822. The molecule has 2 aromatic rings. The van der Waals surface area contributed by atoms with Gasteiger partial charge in [0.15, 0.2) is 0 Å². The fraction of sp³-hybridized carbons (Fsp3) is 0.333. The van der Waals surface area contributed by atoms with Gasteiger partial charge >= 0.3 is 0 Å². The lowest BCUT2D eigenvalue weighted by Gasteiger charge is -2.10. The van der Waals surface area contributed by atoms with Gasteiger partial charge in [0.1, 0.15) is 12.4 Å². The number of hydrogen-bond acceptors (Lipinski definition) is 2. The molecule has 2 nitrogen and oxygen atoms in total. The van der Waals surface area contributed by atoms with E-state index in [1.165, 1.54) is 18.4 Å². The van der Waals surface area contributed by atoms with Crippen molar-refractivity contribution in [1.29, 1.82) is 0 Å². The van der Waals surface area contributed by atoms with Crippen LogP contribution in [-0.4, -0.2) is 0 Å². The predicted molar refractivity (Wildman–Crippen MR) is 83.7 cm³/mol. The molecule has 0 aliphatic carbocycles. The van der Waals surface area contributed by atoms with Gasteiger partial charge in [0.05, 0.1) is 0 Å². The molecule has 0 atom stereocenters. The molecule has 2 heteroatoms. The average Bonchev–Trinajstić information content (AvgIpc) is 2.52. The monoisotopic (exact) mass is 269 g/mol. The van der Waals surface area contributed by atoms with Gasteiger partial charge in [-0.3, -0.25) is 0 Å². The molecule has 0 saturated carbocycles. The normalized spacial score (nSPS) is 10.5. The van der Waals surface area contributed by atoms with E-state index in [1.807, 2.05) is 18.2 Å². The highest BCUT2D eigenvalue weighted by atomic mass is 16.5. The van der Waals surface area contributed by atoms with Crippen molar-refractivity contribution in [1.82, 2.24) is 0 Å². The molecule has 2 aromatic carbocycles. The van der Waals surface area contributed by atoms with Gasteiger partial charge in [-0.2, -0.15) is 0 Å². The molecule has 0 radical (unpaired) electrons. The van der Waals surface area contributed by atoms with Gasteiger partial charge in [0.25, 0.3) is 0 Å². The van der Waals surface area contributed by atoms with Crippen LogP contribution in [0.5, 0.6) is 5.75 Å². The number of hydrogen-bond donors (Lipinski definition) is 1. The van der Waals surface area contributed by atoms with Crippen LogP contribution in [0.2, 0.25) is 0 Å². The molecule has 0 unspecified atom stereocenters. The number of benzene rings is 2. The van der Waals surface area contributed by atoms with E-state index in [4.69, 9.17) is 10.5 Å². The second kappa shape index (κ2) is 7.71. The summed E-state index contributed by atoms with van der Waals surface area (Å²) in [5.74, 6) is 0.914. The van der Waals surface area contributed by atoms with Crippen molar-refractivity contribution >= 4 is 0 Å². The maximum absolute atomic E-state index is 5.84. The molecule has 2 N–H and O–H groups in total. The Morgan fingerprint density at radius 1 is 0.950 bits per heavy atom. The Kier molecular flexibility index (Phi) is 5.63. The third kappa shape index (κ3) is 4.10. The van der Waals surface area contributed by atoms with E-state index in [2.05, 4.69) is 37.3 Å². The van der Waals surface area contributed by atoms with E-state index in [0.29, 0.717) is 13.2 Å². The summed E-state index contributed by atoms with van der Waals surface area (Å²) in [6.07, 6.45) is 3.62. The molecular formula is C18H23NO. The molecule has 0 heterocycles.